The van der Waals surface area contributed by atoms with E-state index in [1.54, 1.807) is 11.8 Å². The van der Waals surface area contributed by atoms with Crippen molar-refractivity contribution in [2.75, 3.05) is 40.3 Å². The second kappa shape index (κ2) is 10.3. The topological polar surface area (TPSA) is 83.4 Å². The normalized spacial score (nSPS) is 15.5. The highest BCUT2D eigenvalue weighted by Crippen LogP contribution is 2.29. The standard InChI is InChI=1S/C24H33F3N6O2/c1-16-19(13-30-33(16)20-7-6-18(12-28-20)24(25,26)27)22(35)32-10-8-17(9-11-32)21(34)29-14-23(2,3)15-31(4)5/h6-7,12-13,17H,8-11,14-15H2,1-5H3,(H,29,34). The second-order valence-electron chi connectivity index (χ2n) is 10.1. The largest absolute Gasteiger partial charge is 0.417 e. The number of nitrogens with zero attached hydrogens (tertiary/aromatic N) is 5. The van der Waals surface area contributed by atoms with Crippen molar-refractivity contribution in [2.24, 2.45) is 11.3 Å². The van der Waals surface area contributed by atoms with Crippen LogP contribution in [0.1, 0.15) is 48.3 Å². The Hall–Kier alpha value is -2.95. The third-order valence-electron chi connectivity index (χ3n) is 6.17. The molecule has 3 heterocycles. The molecule has 0 radical (unpaired) electrons. The zero-order valence-electron chi connectivity index (χ0n) is 20.8. The first-order valence-corrected chi connectivity index (χ1v) is 11.6. The lowest BCUT2D eigenvalue weighted by molar-refractivity contribution is -0.137. The van der Waals surface area contributed by atoms with Gasteiger partial charge in [-0.25, -0.2) is 9.67 Å². The average Bonchev–Trinajstić information content (AvgIpc) is 3.17. The Balaban J connectivity index is 1.58. The SMILES string of the molecule is Cc1c(C(=O)N2CCC(C(=O)NCC(C)(C)CN(C)C)CC2)cnn1-c1ccc(C(F)(F)F)cn1. The molecule has 0 unspecified atom stereocenters. The summed E-state index contributed by atoms with van der Waals surface area (Å²) in [5.74, 6) is -0.149. The minimum atomic E-state index is -4.47. The highest BCUT2D eigenvalue weighted by molar-refractivity contribution is 5.95. The third-order valence-corrected chi connectivity index (χ3v) is 6.17. The molecule has 3 rings (SSSR count). The molecule has 8 nitrogen and oxygen atoms in total. The molecule has 2 aromatic rings. The van der Waals surface area contributed by atoms with E-state index in [0.717, 1.165) is 18.8 Å². The monoisotopic (exact) mass is 494 g/mol. The van der Waals surface area contributed by atoms with Gasteiger partial charge in [-0.15, -0.1) is 0 Å². The van der Waals surface area contributed by atoms with Crippen molar-refractivity contribution in [2.45, 2.75) is 39.8 Å². The summed E-state index contributed by atoms with van der Waals surface area (Å²) in [4.78, 5) is 33.4. The third kappa shape index (κ3) is 6.59. The lowest BCUT2D eigenvalue weighted by Crippen LogP contribution is -2.46. The van der Waals surface area contributed by atoms with Gasteiger partial charge in [0.25, 0.3) is 5.91 Å². The molecular weight excluding hydrogens is 461 g/mol. The molecule has 1 N–H and O–H groups in total. The lowest BCUT2D eigenvalue weighted by atomic mass is 9.91. The fourth-order valence-electron chi connectivity index (χ4n) is 4.43. The number of carbonyl (C=O) groups excluding carboxylic acids is 2. The number of hydrogen-bond acceptors (Lipinski definition) is 5. The van der Waals surface area contributed by atoms with Crippen molar-refractivity contribution < 1.29 is 22.8 Å². The summed E-state index contributed by atoms with van der Waals surface area (Å²) >= 11 is 0. The van der Waals surface area contributed by atoms with Gasteiger partial charge in [0.1, 0.15) is 0 Å². The van der Waals surface area contributed by atoms with Crippen LogP contribution in [0.15, 0.2) is 24.5 Å². The van der Waals surface area contributed by atoms with E-state index in [1.807, 2.05) is 14.1 Å². The van der Waals surface area contributed by atoms with Crippen molar-refractivity contribution in [3.05, 3.63) is 41.3 Å². The van der Waals surface area contributed by atoms with Gasteiger partial charge >= 0.3 is 6.18 Å². The maximum Gasteiger partial charge on any atom is 0.417 e. The van der Waals surface area contributed by atoms with Crippen LogP contribution < -0.4 is 5.32 Å². The summed E-state index contributed by atoms with van der Waals surface area (Å²) in [6, 6.07) is 2.16. The fourth-order valence-corrected chi connectivity index (χ4v) is 4.43. The Kier molecular flexibility index (Phi) is 7.88. The average molecular weight is 495 g/mol. The summed E-state index contributed by atoms with van der Waals surface area (Å²) in [5, 5.41) is 7.22. The number of halogens is 3. The van der Waals surface area contributed by atoms with Gasteiger partial charge in [0, 0.05) is 38.3 Å². The number of hydrogen-bond donors (Lipinski definition) is 1. The van der Waals surface area contributed by atoms with Crippen LogP contribution in [0.5, 0.6) is 0 Å². The summed E-state index contributed by atoms with van der Waals surface area (Å²) in [7, 11) is 4.00. The zero-order chi connectivity index (χ0) is 26.0. The molecule has 0 saturated carbocycles. The molecule has 0 aliphatic carbocycles. The van der Waals surface area contributed by atoms with Gasteiger partial charge in [0.2, 0.25) is 5.91 Å². The van der Waals surface area contributed by atoms with Gasteiger partial charge in [-0.1, -0.05) is 13.8 Å². The Bertz CT molecular complexity index is 1040. The Labute approximate surface area is 203 Å². The molecule has 1 fully saturated rings. The van der Waals surface area contributed by atoms with Gasteiger partial charge < -0.3 is 15.1 Å². The maximum absolute atomic E-state index is 13.1. The highest BCUT2D eigenvalue weighted by Gasteiger charge is 2.32. The number of alkyl halides is 3. The van der Waals surface area contributed by atoms with E-state index in [-0.39, 0.29) is 29.0 Å². The van der Waals surface area contributed by atoms with Crippen molar-refractivity contribution in [1.29, 1.82) is 0 Å². The van der Waals surface area contributed by atoms with E-state index in [1.165, 1.54) is 16.9 Å². The number of amides is 2. The van der Waals surface area contributed by atoms with Crippen LogP contribution >= 0.6 is 0 Å². The maximum atomic E-state index is 13.1. The highest BCUT2D eigenvalue weighted by atomic mass is 19.4. The Morgan fingerprint density at radius 2 is 1.80 bits per heavy atom. The summed E-state index contributed by atoms with van der Waals surface area (Å²) in [5.41, 5.74) is -0.0454. The van der Waals surface area contributed by atoms with E-state index in [0.29, 0.717) is 43.7 Å². The van der Waals surface area contributed by atoms with Crippen LogP contribution in [0.3, 0.4) is 0 Å². The van der Waals surface area contributed by atoms with Crippen molar-refractivity contribution in [1.82, 2.24) is 29.9 Å². The van der Waals surface area contributed by atoms with E-state index in [9.17, 15) is 22.8 Å². The Morgan fingerprint density at radius 3 is 2.34 bits per heavy atom. The summed E-state index contributed by atoms with van der Waals surface area (Å²) < 4.78 is 39.7. The van der Waals surface area contributed by atoms with Gasteiger partial charge in [0.05, 0.1) is 23.0 Å². The molecule has 0 bridgehead atoms. The zero-order valence-corrected chi connectivity index (χ0v) is 20.8. The fraction of sp³-hybridized carbons (Fsp3) is 0.583. The van der Waals surface area contributed by atoms with Gasteiger partial charge in [-0.05, 0) is 51.4 Å². The number of nitrogens with one attached hydrogen (secondary N) is 1. The molecule has 35 heavy (non-hydrogen) atoms. The number of aromatic nitrogens is 3. The van der Waals surface area contributed by atoms with Crippen LogP contribution in [0.4, 0.5) is 13.2 Å². The number of rotatable bonds is 7. The minimum absolute atomic E-state index is 0.0151. The predicted octanol–water partition coefficient (Wildman–Crippen LogP) is 3.15. The smallest absolute Gasteiger partial charge is 0.355 e. The molecular formula is C24H33F3N6O2. The molecule has 0 spiro atoms. The van der Waals surface area contributed by atoms with E-state index >= 15 is 0 Å². The molecule has 2 aromatic heterocycles. The number of carbonyl (C=O) groups is 2. The Morgan fingerprint density at radius 1 is 1.14 bits per heavy atom. The van der Waals surface area contributed by atoms with E-state index < -0.39 is 11.7 Å². The van der Waals surface area contributed by atoms with Crippen LogP contribution in [0, 0.1) is 18.3 Å². The molecule has 0 aromatic carbocycles. The number of piperidine rings is 1. The van der Waals surface area contributed by atoms with Crippen LogP contribution in [-0.2, 0) is 11.0 Å². The molecule has 1 aliphatic rings. The van der Waals surface area contributed by atoms with E-state index in [4.69, 9.17) is 0 Å². The predicted molar refractivity (Wildman–Crippen MR) is 125 cm³/mol. The second-order valence-corrected chi connectivity index (χ2v) is 10.1. The molecule has 11 heteroatoms. The van der Waals surface area contributed by atoms with Crippen LogP contribution in [0.25, 0.3) is 5.82 Å². The van der Waals surface area contributed by atoms with Crippen molar-refractivity contribution in [3.63, 3.8) is 0 Å². The molecule has 192 valence electrons. The van der Waals surface area contributed by atoms with Gasteiger partial charge in [-0.3, -0.25) is 9.59 Å². The summed E-state index contributed by atoms with van der Waals surface area (Å²) in [6.45, 7) is 8.22. The minimum Gasteiger partial charge on any atom is -0.355 e. The molecule has 0 atom stereocenters. The van der Waals surface area contributed by atoms with Crippen LogP contribution in [-0.4, -0.2) is 76.7 Å². The first-order valence-electron chi connectivity index (χ1n) is 11.6. The van der Waals surface area contributed by atoms with Crippen molar-refractivity contribution in [3.8, 4) is 5.82 Å². The summed E-state index contributed by atoms with van der Waals surface area (Å²) in [6.07, 6.45) is -1.19. The lowest BCUT2D eigenvalue weighted by Gasteiger charge is -2.33. The first kappa shape index (κ1) is 26.7. The van der Waals surface area contributed by atoms with Crippen LogP contribution in [0.2, 0.25) is 0 Å². The molecule has 1 saturated heterocycles. The van der Waals surface area contributed by atoms with Gasteiger partial charge in [-0.2, -0.15) is 18.3 Å². The molecule has 1 aliphatic heterocycles. The van der Waals surface area contributed by atoms with E-state index in [2.05, 4.69) is 34.1 Å². The van der Waals surface area contributed by atoms with Gasteiger partial charge in [0.15, 0.2) is 5.82 Å². The van der Waals surface area contributed by atoms with Crippen molar-refractivity contribution >= 4 is 11.8 Å². The quantitative estimate of drug-likeness (QED) is 0.640. The number of likely N-dealkylation sites (tertiary alicyclic amines) is 1. The first-order chi connectivity index (χ1) is 16.3. The number of pyridine rings is 1. The molecule has 2 amide bonds.